The molecule has 0 spiro atoms. The topological polar surface area (TPSA) is 37.0 Å². The summed E-state index contributed by atoms with van der Waals surface area (Å²) in [5.74, 6) is 1.66. The van der Waals surface area contributed by atoms with Gasteiger partial charge in [-0.05, 0) is 37.1 Å². The minimum absolute atomic E-state index is 0.703. The van der Waals surface area contributed by atoms with E-state index in [1.54, 1.807) is 0 Å². The van der Waals surface area contributed by atoms with Crippen LogP contribution in [0.5, 0.6) is 0 Å². The molecule has 1 aromatic carbocycles. The number of para-hydroxylation sites is 1. The molecule has 2 rings (SSSR count). The number of pyridine rings is 1. The van der Waals surface area contributed by atoms with Gasteiger partial charge in [0.1, 0.15) is 11.6 Å². The van der Waals surface area contributed by atoms with E-state index in [9.17, 15) is 0 Å². The fourth-order valence-electron chi connectivity index (χ4n) is 1.77. The van der Waals surface area contributed by atoms with E-state index in [0.717, 1.165) is 35.9 Å². The smallest absolute Gasteiger partial charge is 0.132 e. The van der Waals surface area contributed by atoms with Gasteiger partial charge in [0.05, 0.1) is 10.7 Å². The van der Waals surface area contributed by atoms with Gasteiger partial charge in [-0.25, -0.2) is 4.98 Å². The lowest BCUT2D eigenvalue weighted by Crippen LogP contribution is -2.03. The van der Waals surface area contributed by atoms with E-state index in [4.69, 9.17) is 11.6 Å². The van der Waals surface area contributed by atoms with Crippen LogP contribution in [0.2, 0.25) is 5.02 Å². The maximum absolute atomic E-state index is 6.20. The molecule has 19 heavy (non-hydrogen) atoms. The van der Waals surface area contributed by atoms with Gasteiger partial charge in [0.2, 0.25) is 0 Å². The molecule has 0 atom stereocenters. The van der Waals surface area contributed by atoms with E-state index in [1.807, 2.05) is 43.3 Å². The molecule has 1 heterocycles. The van der Waals surface area contributed by atoms with Gasteiger partial charge in [0, 0.05) is 6.54 Å². The lowest BCUT2D eigenvalue weighted by molar-refractivity contribution is 0.970. The average molecular weight is 276 g/mol. The second-order valence-electron chi connectivity index (χ2n) is 4.39. The predicted octanol–water partition coefficient (Wildman–Crippen LogP) is 4.61. The number of hydrogen-bond acceptors (Lipinski definition) is 3. The van der Waals surface area contributed by atoms with Crippen LogP contribution in [-0.4, -0.2) is 11.5 Å². The van der Waals surface area contributed by atoms with Crippen molar-refractivity contribution in [1.29, 1.82) is 0 Å². The monoisotopic (exact) mass is 275 g/mol. The molecule has 0 amide bonds. The van der Waals surface area contributed by atoms with Crippen LogP contribution in [-0.2, 0) is 0 Å². The summed E-state index contributed by atoms with van der Waals surface area (Å²) in [6, 6.07) is 11.7. The van der Waals surface area contributed by atoms with Crippen molar-refractivity contribution in [3.05, 3.63) is 47.0 Å². The van der Waals surface area contributed by atoms with Crippen molar-refractivity contribution in [2.24, 2.45) is 0 Å². The summed E-state index contributed by atoms with van der Waals surface area (Å²) in [6.07, 6.45) is 1.07. The first kappa shape index (κ1) is 13.7. The number of hydrogen-bond donors (Lipinski definition) is 2. The quantitative estimate of drug-likeness (QED) is 0.837. The van der Waals surface area contributed by atoms with Crippen LogP contribution in [0, 0.1) is 6.92 Å². The Bertz CT molecular complexity index is 535. The number of nitrogens with zero attached hydrogens (tertiary/aromatic N) is 1. The molecule has 1 aromatic heterocycles. The zero-order valence-electron chi connectivity index (χ0n) is 11.2. The Morgan fingerprint density at radius 3 is 2.58 bits per heavy atom. The van der Waals surface area contributed by atoms with Gasteiger partial charge in [0.15, 0.2) is 0 Å². The second-order valence-corrected chi connectivity index (χ2v) is 4.80. The molecule has 0 fully saturated rings. The van der Waals surface area contributed by atoms with E-state index in [1.165, 1.54) is 0 Å². The summed E-state index contributed by atoms with van der Waals surface area (Å²) in [6.45, 7) is 5.07. The Labute approximate surface area is 119 Å². The van der Waals surface area contributed by atoms with Gasteiger partial charge in [0.25, 0.3) is 0 Å². The zero-order chi connectivity index (χ0) is 13.7. The van der Waals surface area contributed by atoms with Gasteiger partial charge in [-0.15, -0.1) is 0 Å². The molecule has 0 aliphatic heterocycles. The fourth-order valence-corrected chi connectivity index (χ4v) is 2.04. The molecule has 3 nitrogen and oxygen atoms in total. The highest BCUT2D eigenvalue weighted by Gasteiger charge is 2.05. The normalized spacial score (nSPS) is 10.3. The lowest BCUT2D eigenvalue weighted by Gasteiger charge is -2.12. The SMILES string of the molecule is CCCNc1cccc(Nc2c(C)cccc2Cl)n1. The summed E-state index contributed by atoms with van der Waals surface area (Å²) in [7, 11) is 0. The van der Waals surface area contributed by atoms with E-state index < -0.39 is 0 Å². The molecule has 4 heteroatoms. The van der Waals surface area contributed by atoms with Crippen molar-refractivity contribution in [3.63, 3.8) is 0 Å². The summed E-state index contributed by atoms with van der Waals surface area (Å²) in [4.78, 5) is 4.51. The van der Waals surface area contributed by atoms with Crippen molar-refractivity contribution in [1.82, 2.24) is 4.98 Å². The molecular formula is C15H18ClN3. The predicted molar refractivity (Wildman–Crippen MR) is 82.5 cm³/mol. The number of benzene rings is 1. The Kier molecular flexibility index (Phi) is 4.63. The standard InChI is InChI=1S/C15H18ClN3/c1-3-10-17-13-8-5-9-14(18-13)19-15-11(2)6-4-7-12(15)16/h4-9H,3,10H2,1-2H3,(H2,17,18,19). The Hall–Kier alpha value is -1.74. The minimum atomic E-state index is 0.703. The maximum Gasteiger partial charge on any atom is 0.132 e. The molecule has 2 N–H and O–H groups in total. The first-order chi connectivity index (χ1) is 9.20. The Morgan fingerprint density at radius 1 is 1.11 bits per heavy atom. The van der Waals surface area contributed by atoms with E-state index in [2.05, 4.69) is 22.5 Å². The highest BCUT2D eigenvalue weighted by Crippen LogP contribution is 2.28. The van der Waals surface area contributed by atoms with Crippen molar-refractivity contribution in [3.8, 4) is 0 Å². The third kappa shape index (κ3) is 3.61. The highest BCUT2D eigenvalue weighted by atomic mass is 35.5. The molecule has 100 valence electrons. The van der Waals surface area contributed by atoms with Crippen molar-refractivity contribution in [2.75, 3.05) is 17.2 Å². The number of rotatable bonds is 5. The lowest BCUT2D eigenvalue weighted by atomic mass is 10.2. The highest BCUT2D eigenvalue weighted by molar-refractivity contribution is 6.33. The summed E-state index contributed by atoms with van der Waals surface area (Å²) in [5, 5.41) is 7.24. The van der Waals surface area contributed by atoms with Crippen LogP contribution in [0.1, 0.15) is 18.9 Å². The number of anilines is 3. The minimum Gasteiger partial charge on any atom is -0.370 e. The Morgan fingerprint density at radius 2 is 1.84 bits per heavy atom. The van der Waals surface area contributed by atoms with Crippen molar-refractivity contribution in [2.45, 2.75) is 20.3 Å². The number of nitrogens with one attached hydrogen (secondary N) is 2. The van der Waals surface area contributed by atoms with Crippen molar-refractivity contribution < 1.29 is 0 Å². The van der Waals surface area contributed by atoms with Gasteiger partial charge in [-0.1, -0.05) is 36.7 Å². The van der Waals surface area contributed by atoms with Crippen molar-refractivity contribution >= 4 is 28.9 Å². The third-order valence-corrected chi connectivity index (χ3v) is 3.10. The first-order valence-electron chi connectivity index (χ1n) is 6.43. The third-order valence-electron chi connectivity index (χ3n) is 2.78. The molecule has 0 saturated carbocycles. The molecule has 0 aliphatic carbocycles. The number of aryl methyl sites for hydroxylation is 1. The van der Waals surface area contributed by atoms with Gasteiger partial charge < -0.3 is 10.6 Å². The molecule has 2 aromatic rings. The van der Waals surface area contributed by atoms with E-state index in [0.29, 0.717) is 5.02 Å². The maximum atomic E-state index is 6.20. The molecule has 0 unspecified atom stereocenters. The molecule has 0 bridgehead atoms. The molecule has 0 aliphatic rings. The van der Waals surface area contributed by atoms with Gasteiger partial charge in [-0.2, -0.15) is 0 Å². The first-order valence-corrected chi connectivity index (χ1v) is 6.81. The summed E-state index contributed by atoms with van der Waals surface area (Å²) in [5.41, 5.74) is 2.01. The number of halogens is 1. The molecule has 0 saturated heterocycles. The fraction of sp³-hybridized carbons (Fsp3) is 0.267. The summed E-state index contributed by atoms with van der Waals surface area (Å²) >= 11 is 6.20. The average Bonchev–Trinajstić information content (AvgIpc) is 2.41. The van der Waals surface area contributed by atoms with Crippen LogP contribution in [0.4, 0.5) is 17.3 Å². The van der Waals surface area contributed by atoms with Crippen LogP contribution in [0.15, 0.2) is 36.4 Å². The van der Waals surface area contributed by atoms with E-state index >= 15 is 0 Å². The summed E-state index contributed by atoms with van der Waals surface area (Å²) < 4.78 is 0. The molecule has 0 radical (unpaired) electrons. The van der Waals surface area contributed by atoms with Crippen LogP contribution in [0.3, 0.4) is 0 Å². The van der Waals surface area contributed by atoms with Gasteiger partial charge >= 0.3 is 0 Å². The second kappa shape index (κ2) is 6.43. The molecular weight excluding hydrogens is 258 g/mol. The van der Waals surface area contributed by atoms with E-state index in [-0.39, 0.29) is 0 Å². The zero-order valence-corrected chi connectivity index (χ0v) is 12.0. The van der Waals surface area contributed by atoms with Crippen LogP contribution in [0.25, 0.3) is 0 Å². The van der Waals surface area contributed by atoms with Crippen LogP contribution < -0.4 is 10.6 Å². The largest absolute Gasteiger partial charge is 0.370 e. The van der Waals surface area contributed by atoms with Crippen LogP contribution >= 0.6 is 11.6 Å². The number of aromatic nitrogens is 1. The Balaban J connectivity index is 2.19. The van der Waals surface area contributed by atoms with Gasteiger partial charge in [-0.3, -0.25) is 0 Å².